The Morgan fingerprint density at radius 3 is 3.00 bits per heavy atom. The van der Waals surface area contributed by atoms with Crippen molar-refractivity contribution in [3.8, 4) is 0 Å². The van der Waals surface area contributed by atoms with Crippen LogP contribution in [-0.2, 0) is 19.5 Å². The summed E-state index contributed by atoms with van der Waals surface area (Å²) in [5, 5.41) is 0.569. The minimum absolute atomic E-state index is 0.0352. The second-order valence-electron chi connectivity index (χ2n) is 5.92. The average Bonchev–Trinajstić information content (AvgIpc) is 2.58. The largest absolute Gasteiger partial charge is 0.464 e. The lowest BCUT2D eigenvalue weighted by molar-refractivity contribution is 0.239. The van der Waals surface area contributed by atoms with Crippen LogP contribution >= 0.6 is 0 Å². The van der Waals surface area contributed by atoms with E-state index in [0.717, 1.165) is 5.69 Å². The monoisotopic (exact) mass is 324 g/mol. The molecular formula is C17H16N4O3. The zero-order valence-electron chi connectivity index (χ0n) is 12.9. The fourth-order valence-corrected chi connectivity index (χ4v) is 3.10. The zero-order valence-corrected chi connectivity index (χ0v) is 12.9. The molecule has 0 amide bonds. The van der Waals surface area contributed by atoms with Crippen LogP contribution in [0.3, 0.4) is 0 Å². The molecule has 1 aromatic carbocycles. The van der Waals surface area contributed by atoms with Crippen LogP contribution in [0.1, 0.15) is 16.8 Å². The topological polar surface area (TPSA) is 105 Å². The van der Waals surface area contributed by atoms with Crippen molar-refractivity contribution < 1.29 is 4.42 Å². The van der Waals surface area contributed by atoms with Crippen molar-refractivity contribution >= 4 is 16.9 Å². The van der Waals surface area contributed by atoms with Gasteiger partial charge in [0, 0.05) is 31.6 Å². The second-order valence-corrected chi connectivity index (χ2v) is 5.92. The first-order valence-electron chi connectivity index (χ1n) is 7.71. The van der Waals surface area contributed by atoms with Crippen molar-refractivity contribution in [1.29, 1.82) is 0 Å². The molecule has 0 bridgehead atoms. The van der Waals surface area contributed by atoms with Crippen molar-refractivity contribution in [1.82, 2.24) is 14.9 Å². The molecule has 3 heterocycles. The highest BCUT2D eigenvalue weighted by Crippen LogP contribution is 2.17. The summed E-state index contributed by atoms with van der Waals surface area (Å²) in [5.74, 6) is 0.141. The summed E-state index contributed by atoms with van der Waals surface area (Å²) >= 11 is 0. The van der Waals surface area contributed by atoms with Crippen LogP contribution < -0.4 is 16.7 Å². The van der Waals surface area contributed by atoms with Crippen molar-refractivity contribution in [2.24, 2.45) is 0 Å². The Labute approximate surface area is 136 Å². The van der Waals surface area contributed by atoms with E-state index in [1.165, 1.54) is 6.26 Å². The maximum absolute atomic E-state index is 12.6. The van der Waals surface area contributed by atoms with Gasteiger partial charge < -0.3 is 10.2 Å². The third-order valence-corrected chi connectivity index (χ3v) is 4.31. The van der Waals surface area contributed by atoms with E-state index in [4.69, 9.17) is 10.2 Å². The van der Waals surface area contributed by atoms with Crippen LogP contribution in [0.4, 0.5) is 5.95 Å². The van der Waals surface area contributed by atoms with E-state index in [0.29, 0.717) is 48.2 Å². The quantitative estimate of drug-likeness (QED) is 0.729. The predicted molar refractivity (Wildman–Crippen MR) is 89.6 cm³/mol. The van der Waals surface area contributed by atoms with E-state index in [2.05, 4.69) is 9.97 Å². The number of nitrogens with zero attached hydrogens (tertiary/aromatic N) is 2. The average molecular weight is 324 g/mol. The van der Waals surface area contributed by atoms with Gasteiger partial charge in [0.15, 0.2) is 5.43 Å². The second kappa shape index (κ2) is 5.61. The maximum Gasteiger partial charge on any atom is 0.257 e. The Hall–Kier alpha value is -2.93. The molecule has 0 spiro atoms. The molecule has 0 fully saturated rings. The fraction of sp³-hybridized carbons (Fsp3) is 0.235. The van der Waals surface area contributed by atoms with Gasteiger partial charge in [0.25, 0.3) is 5.56 Å². The highest BCUT2D eigenvalue weighted by Gasteiger charge is 2.22. The number of benzene rings is 1. The highest BCUT2D eigenvalue weighted by atomic mass is 16.3. The van der Waals surface area contributed by atoms with Gasteiger partial charge in [0.2, 0.25) is 5.95 Å². The lowest BCUT2D eigenvalue weighted by Crippen LogP contribution is -2.36. The lowest BCUT2D eigenvalue weighted by Gasteiger charge is -2.27. The minimum Gasteiger partial charge on any atom is -0.464 e. The predicted octanol–water partition coefficient (Wildman–Crippen LogP) is 1.02. The van der Waals surface area contributed by atoms with E-state index >= 15 is 0 Å². The summed E-state index contributed by atoms with van der Waals surface area (Å²) in [6.07, 6.45) is 2.13. The molecule has 0 aliphatic carbocycles. The van der Waals surface area contributed by atoms with Crippen LogP contribution in [-0.4, -0.2) is 21.4 Å². The van der Waals surface area contributed by atoms with E-state index in [1.807, 2.05) is 17.0 Å². The van der Waals surface area contributed by atoms with Crippen molar-refractivity contribution in [2.75, 3.05) is 12.3 Å². The number of nitrogens with one attached hydrogen (secondary N) is 1. The molecule has 1 aliphatic heterocycles. The number of H-pyrrole nitrogens is 1. The number of aromatic amines is 1. The van der Waals surface area contributed by atoms with Gasteiger partial charge in [-0.2, -0.15) is 0 Å². The molecule has 24 heavy (non-hydrogen) atoms. The Kier molecular flexibility index (Phi) is 3.42. The molecule has 4 rings (SSSR count). The minimum atomic E-state index is -0.215. The molecule has 3 aromatic rings. The highest BCUT2D eigenvalue weighted by molar-refractivity contribution is 5.76. The van der Waals surface area contributed by atoms with Gasteiger partial charge in [-0.15, -0.1) is 0 Å². The van der Waals surface area contributed by atoms with E-state index in [9.17, 15) is 9.59 Å². The van der Waals surface area contributed by atoms with Crippen LogP contribution in [0.2, 0.25) is 0 Å². The van der Waals surface area contributed by atoms with Crippen molar-refractivity contribution in [3.63, 3.8) is 0 Å². The molecule has 0 saturated heterocycles. The zero-order chi connectivity index (χ0) is 16.7. The standard InChI is InChI=1S/C17H16N4O3/c18-17-19-13-5-6-21(8-12(13)16(23)20-17)7-10-9-24-14-4-2-1-3-11(14)15(10)22/h1-4,9H,5-8H2,(H3,18,19,20,23). The molecule has 122 valence electrons. The van der Waals surface area contributed by atoms with Crippen molar-refractivity contribution in [2.45, 2.75) is 19.5 Å². The van der Waals surface area contributed by atoms with Crippen LogP contribution in [0, 0.1) is 0 Å². The first kappa shape index (κ1) is 14.6. The van der Waals surface area contributed by atoms with Crippen LogP contribution in [0.5, 0.6) is 0 Å². The van der Waals surface area contributed by atoms with Gasteiger partial charge in [-0.3, -0.25) is 19.5 Å². The lowest BCUT2D eigenvalue weighted by atomic mass is 10.1. The fourth-order valence-electron chi connectivity index (χ4n) is 3.10. The van der Waals surface area contributed by atoms with Gasteiger partial charge in [0.05, 0.1) is 22.9 Å². The molecule has 1 aliphatic rings. The molecule has 0 unspecified atom stereocenters. The number of fused-ring (bicyclic) bond motifs is 2. The molecule has 3 N–H and O–H groups in total. The number of aromatic nitrogens is 2. The molecule has 0 saturated carbocycles. The van der Waals surface area contributed by atoms with Gasteiger partial charge in [-0.05, 0) is 12.1 Å². The number of nitrogen functional groups attached to an aromatic ring is 1. The summed E-state index contributed by atoms with van der Waals surface area (Å²) in [6, 6.07) is 7.17. The smallest absolute Gasteiger partial charge is 0.257 e. The number of rotatable bonds is 2. The maximum atomic E-state index is 12.6. The summed E-state index contributed by atoms with van der Waals surface area (Å²) in [7, 11) is 0. The van der Waals surface area contributed by atoms with Gasteiger partial charge in [0.1, 0.15) is 5.58 Å². The van der Waals surface area contributed by atoms with Gasteiger partial charge >= 0.3 is 0 Å². The number of anilines is 1. The summed E-state index contributed by atoms with van der Waals surface area (Å²) in [4.78, 5) is 33.4. The molecule has 7 nitrogen and oxygen atoms in total. The Bertz CT molecular complexity index is 1040. The Morgan fingerprint density at radius 1 is 1.29 bits per heavy atom. The molecule has 0 radical (unpaired) electrons. The normalized spacial score (nSPS) is 14.7. The molecule has 0 atom stereocenters. The molecule has 2 aromatic heterocycles. The molecular weight excluding hydrogens is 308 g/mol. The first-order valence-corrected chi connectivity index (χ1v) is 7.71. The van der Waals surface area contributed by atoms with Crippen LogP contribution in [0.25, 0.3) is 11.0 Å². The summed E-state index contributed by atoms with van der Waals surface area (Å²) in [5.41, 5.74) is 7.83. The number of hydrogen-bond donors (Lipinski definition) is 2. The van der Waals surface area contributed by atoms with E-state index in [-0.39, 0.29) is 16.9 Å². The third kappa shape index (κ3) is 2.48. The van der Waals surface area contributed by atoms with Crippen molar-refractivity contribution in [3.05, 3.63) is 67.9 Å². The number of nitrogens with two attached hydrogens (primary N) is 1. The Balaban J connectivity index is 1.64. The van der Waals surface area contributed by atoms with Gasteiger partial charge in [-0.25, -0.2) is 4.98 Å². The SMILES string of the molecule is Nc1nc2c(c(=O)[nH]1)CN(Cc1coc3ccccc3c1=O)CC2. The Morgan fingerprint density at radius 2 is 2.12 bits per heavy atom. The first-order chi connectivity index (χ1) is 11.6. The number of hydrogen-bond acceptors (Lipinski definition) is 6. The summed E-state index contributed by atoms with van der Waals surface area (Å²) in [6.45, 7) is 1.57. The van der Waals surface area contributed by atoms with Gasteiger partial charge in [-0.1, -0.05) is 12.1 Å². The van der Waals surface area contributed by atoms with Crippen LogP contribution in [0.15, 0.2) is 44.5 Å². The number of para-hydroxylation sites is 1. The third-order valence-electron chi connectivity index (χ3n) is 4.31. The molecule has 7 heteroatoms. The van der Waals surface area contributed by atoms with E-state index < -0.39 is 0 Å². The summed E-state index contributed by atoms with van der Waals surface area (Å²) < 4.78 is 5.55. The van der Waals surface area contributed by atoms with E-state index in [1.54, 1.807) is 12.1 Å².